The number of pyridine rings is 1. The Labute approximate surface area is 267 Å². The number of rotatable bonds is 2. The lowest BCUT2D eigenvalue weighted by Gasteiger charge is -2.44. The molecule has 3 aliphatic rings. The third-order valence-corrected chi connectivity index (χ3v) is 11.6. The average molecular weight is 609 g/mol. The zero-order valence-corrected chi connectivity index (χ0v) is 28.1. The number of hydrogen-bond acceptors (Lipinski definition) is 6. The van der Waals surface area contributed by atoms with E-state index in [1.807, 2.05) is 11.3 Å². The SMILES string of the molecule is CCc1c(C)cc2nc3sc2c1-c1ccc2c(c1)C(CCCCC(C)CC1CN(C(C)C)CCN1c1cccc-3n1)CCO2. The molecule has 5 nitrogen and oxygen atoms in total. The first-order chi connectivity index (χ1) is 21.4. The van der Waals surface area contributed by atoms with Crippen LogP contribution in [0.15, 0.2) is 42.5 Å². The molecule has 6 bridgehead atoms. The van der Waals surface area contributed by atoms with Gasteiger partial charge in [0.25, 0.3) is 0 Å². The summed E-state index contributed by atoms with van der Waals surface area (Å²) in [5.74, 6) is 3.44. The molecule has 3 aliphatic heterocycles. The van der Waals surface area contributed by atoms with Gasteiger partial charge >= 0.3 is 0 Å². The summed E-state index contributed by atoms with van der Waals surface area (Å²) < 4.78 is 7.48. The first-order valence-electron chi connectivity index (χ1n) is 17.1. The maximum atomic E-state index is 6.21. The molecular formula is C38H48N4OS. The molecule has 6 heteroatoms. The molecule has 0 N–H and O–H groups in total. The van der Waals surface area contributed by atoms with Crippen molar-refractivity contribution in [3.05, 3.63) is 59.2 Å². The van der Waals surface area contributed by atoms with Crippen LogP contribution in [0.4, 0.5) is 5.82 Å². The molecule has 3 atom stereocenters. The van der Waals surface area contributed by atoms with E-state index in [9.17, 15) is 0 Å². The molecule has 0 amide bonds. The number of hydrogen-bond donors (Lipinski definition) is 0. The molecule has 1 saturated heterocycles. The molecule has 1 fully saturated rings. The Hall–Kier alpha value is -2.96. The third-order valence-electron chi connectivity index (χ3n) is 10.5. The first kappa shape index (κ1) is 29.7. The number of anilines is 1. The summed E-state index contributed by atoms with van der Waals surface area (Å²) in [5, 5.41) is 1.01. The van der Waals surface area contributed by atoms with Crippen molar-refractivity contribution in [2.45, 2.75) is 97.6 Å². The minimum atomic E-state index is 0.474. The lowest BCUT2D eigenvalue weighted by atomic mass is 9.85. The quantitative estimate of drug-likeness (QED) is 0.227. The van der Waals surface area contributed by atoms with Crippen molar-refractivity contribution in [2.75, 3.05) is 31.1 Å². The van der Waals surface area contributed by atoms with E-state index < -0.39 is 0 Å². The Balaban J connectivity index is 1.37. The second-order valence-corrected chi connectivity index (χ2v) is 14.8. The standard InChI is InChI=1S/C38H48N4OS/c1-6-30-26(5)21-33-37-36(30)28-14-15-34-31(22-28)27(16-19-43-34)11-8-7-10-25(4)20-29-23-41(24(2)3)17-18-42(29)35-13-9-12-32(39-35)38(40-33)44-37/h9,12-15,21-22,24-25,27,29H,6-8,10-11,16-20,23H2,1-5H3. The van der Waals surface area contributed by atoms with Gasteiger partial charge in [-0.05, 0) is 111 Å². The fourth-order valence-corrected chi connectivity index (χ4v) is 9.15. The van der Waals surface area contributed by atoms with Crippen LogP contribution >= 0.6 is 11.3 Å². The van der Waals surface area contributed by atoms with Gasteiger partial charge < -0.3 is 9.64 Å². The maximum Gasteiger partial charge on any atom is 0.143 e. The van der Waals surface area contributed by atoms with Crippen molar-refractivity contribution in [2.24, 2.45) is 5.92 Å². The highest BCUT2D eigenvalue weighted by Crippen LogP contribution is 2.45. The van der Waals surface area contributed by atoms with Crippen LogP contribution in [0.1, 0.15) is 88.8 Å². The number of thiazole rings is 1. The molecule has 5 heterocycles. The van der Waals surface area contributed by atoms with E-state index in [2.05, 4.69) is 86.9 Å². The fraction of sp³-hybridized carbons (Fsp3) is 0.526. The lowest BCUT2D eigenvalue weighted by Crippen LogP contribution is -2.55. The number of fused-ring (bicyclic) bond motifs is 8. The predicted molar refractivity (Wildman–Crippen MR) is 185 cm³/mol. The Morgan fingerprint density at radius 2 is 1.89 bits per heavy atom. The highest BCUT2D eigenvalue weighted by molar-refractivity contribution is 7.22. The second-order valence-electron chi connectivity index (χ2n) is 13.8. The van der Waals surface area contributed by atoms with Gasteiger partial charge in [-0.25, -0.2) is 9.97 Å². The minimum absolute atomic E-state index is 0.474. The summed E-state index contributed by atoms with van der Waals surface area (Å²) in [6.45, 7) is 15.7. The largest absolute Gasteiger partial charge is 0.493 e. The topological polar surface area (TPSA) is 41.5 Å². The fourth-order valence-electron chi connectivity index (χ4n) is 8.05. The van der Waals surface area contributed by atoms with Gasteiger partial charge in [-0.15, -0.1) is 11.3 Å². The second kappa shape index (κ2) is 12.4. The maximum absolute atomic E-state index is 6.21. The number of ether oxygens (including phenoxy) is 1. The van der Waals surface area contributed by atoms with E-state index in [4.69, 9.17) is 14.7 Å². The van der Waals surface area contributed by atoms with Crippen molar-refractivity contribution in [3.63, 3.8) is 0 Å². The van der Waals surface area contributed by atoms with Crippen LogP contribution in [-0.4, -0.2) is 53.2 Å². The Kier molecular flexibility index (Phi) is 8.41. The predicted octanol–water partition coefficient (Wildman–Crippen LogP) is 9.26. The molecule has 0 saturated carbocycles. The number of benzene rings is 2. The molecule has 0 aliphatic carbocycles. The van der Waals surface area contributed by atoms with Gasteiger partial charge in [0.2, 0.25) is 0 Å². The molecule has 0 radical (unpaired) electrons. The summed E-state index contributed by atoms with van der Waals surface area (Å²) in [6, 6.07) is 16.9. The van der Waals surface area contributed by atoms with Gasteiger partial charge in [0, 0.05) is 37.3 Å². The van der Waals surface area contributed by atoms with Crippen molar-refractivity contribution >= 4 is 27.4 Å². The van der Waals surface area contributed by atoms with Crippen molar-refractivity contribution in [1.82, 2.24) is 14.9 Å². The summed E-state index contributed by atoms with van der Waals surface area (Å²) in [6.07, 6.45) is 8.43. The molecule has 232 valence electrons. The number of aryl methyl sites for hydroxylation is 1. The molecular weight excluding hydrogens is 561 g/mol. The molecule has 4 aromatic rings. The Bertz CT molecular complexity index is 1640. The highest BCUT2D eigenvalue weighted by Gasteiger charge is 2.31. The molecule has 2 aromatic heterocycles. The van der Waals surface area contributed by atoms with E-state index in [0.29, 0.717) is 23.9 Å². The van der Waals surface area contributed by atoms with Crippen molar-refractivity contribution in [3.8, 4) is 27.6 Å². The number of piperazine rings is 1. The zero-order valence-electron chi connectivity index (χ0n) is 27.2. The van der Waals surface area contributed by atoms with Gasteiger partial charge in [-0.3, -0.25) is 4.90 Å². The minimum Gasteiger partial charge on any atom is -0.493 e. The molecule has 3 unspecified atom stereocenters. The van der Waals surface area contributed by atoms with Crippen molar-refractivity contribution < 1.29 is 4.74 Å². The summed E-state index contributed by atoms with van der Waals surface area (Å²) in [7, 11) is 0. The molecule has 7 rings (SSSR count). The molecule has 2 aromatic carbocycles. The molecule has 44 heavy (non-hydrogen) atoms. The number of aromatic nitrogens is 2. The first-order valence-corrected chi connectivity index (χ1v) is 17.9. The van der Waals surface area contributed by atoms with E-state index in [-0.39, 0.29) is 0 Å². The van der Waals surface area contributed by atoms with Gasteiger partial charge in [0.15, 0.2) is 0 Å². The van der Waals surface area contributed by atoms with Crippen LogP contribution < -0.4 is 9.64 Å². The summed E-state index contributed by atoms with van der Waals surface area (Å²) >= 11 is 1.81. The van der Waals surface area contributed by atoms with Crippen LogP contribution in [0.3, 0.4) is 0 Å². The van der Waals surface area contributed by atoms with Crippen LogP contribution in [0, 0.1) is 12.8 Å². The van der Waals surface area contributed by atoms with Crippen LogP contribution in [0.5, 0.6) is 5.75 Å². The molecule has 0 spiro atoms. The summed E-state index contributed by atoms with van der Waals surface area (Å²) in [4.78, 5) is 15.8. The van der Waals surface area contributed by atoms with Crippen LogP contribution in [-0.2, 0) is 6.42 Å². The normalized spacial score (nSPS) is 22.8. The highest BCUT2D eigenvalue weighted by atomic mass is 32.1. The van der Waals surface area contributed by atoms with E-state index in [1.54, 1.807) is 0 Å². The monoisotopic (exact) mass is 608 g/mol. The smallest absolute Gasteiger partial charge is 0.143 e. The number of nitrogens with zero attached hydrogens (tertiary/aromatic N) is 4. The van der Waals surface area contributed by atoms with E-state index >= 15 is 0 Å². The van der Waals surface area contributed by atoms with Gasteiger partial charge in [0.1, 0.15) is 22.3 Å². The Morgan fingerprint density at radius 3 is 2.73 bits per heavy atom. The van der Waals surface area contributed by atoms with Gasteiger partial charge in [-0.2, -0.15) is 0 Å². The van der Waals surface area contributed by atoms with Gasteiger partial charge in [-0.1, -0.05) is 45.2 Å². The lowest BCUT2D eigenvalue weighted by molar-refractivity contribution is 0.168. The van der Waals surface area contributed by atoms with E-state index in [0.717, 1.165) is 66.9 Å². The average Bonchev–Trinajstić information content (AvgIpc) is 3.45. The van der Waals surface area contributed by atoms with Crippen LogP contribution in [0.25, 0.3) is 32.0 Å². The van der Waals surface area contributed by atoms with Gasteiger partial charge in [0.05, 0.1) is 16.8 Å². The summed E-state index contributed by atoms with van der Waals surface area (Å²) in [5.41, 5.74) is 8.88. The third kappa shape index (κ3) is 5.64. The van der Waals surface area contributed by atoms with E-state index in [1.165, 1.54) is 64.6 Å². The van der Waals surface area contributed by atoms with Crippen molar-refractivity contribution in [1.29, 1.82) is 0 Å². The Morgan fingerprint density at radius 1 is 1.02 bits per heavy atom. The van der Waals surface area contributed by atoms with Crippen LogP contribution in [0.2, 0.25) is 0 Å². The zero-order chi connectivity index (χ0) is 30.4.